The third-order valence-corrected chi connectivity index (χ3v) is 7.04. The van der Waals surface area contributed by atoms with Gasteiger partial charge in [0.1, 0.15) is 22.5 Å². The van der Waals surface area contributed by atoms with Gasteiger partial charge in [-0.05, 0) is 36.9 Å². The Morgan fingerprint density at radius 1 is 1.29 bits per heavy atom. The number of imidazole rings is 1. The SMILES string of the molecule is CN[C@H](CO)c1nc2c(F)c3c(c(F)c2[nH]1)CC(CN1CCC2(CC1)CNC(=O)O2)C3. The van der Waals surface area contributed by atoms with Crippen molar-refractivity contribution in [3.05, 3.63) is 28.6 Å². The summed E-state index contributed by atoms with van der Waals surface area (Å²) in [5.74, 6) is -0.458. The first kappa shape index (κ1) is 20.6. The maximum absolute atomic E-state index is 15.2. The average molecular weight is 435 g/mol. The van der Waals surface area contributed by atoms with Gasteiger partial charge in [-0.3, -0.25) is 0 Å². The number of aromatic amines is 1. The summed E-state index contributed by atoms with van der Waals surface area (Å²) in [6.07, 6.45) is 2.14. The van der Waals surface area contributed by atoms with Crippen molar-refractivity contribution in [2.45, 2.75) is 37.3 Å². The Kier molecular flexibility index (Phi) is 5.10. The molecule has 2 atom stereocenters. The number of halogens is 2. The number of nitrogens with zero attached hydrogens (tertiary/aromatic N) is 2. The van der Waals surface area contributed by atoms with Crippen molar-refractivity contribution in [3.63, 3.8) is 0 Å². The van der Waals surface area contributed by atoms with Gasteiger partial charge >= 0.3 is 6.09 Å². The number of aliphatic hydroxyl groups is 1. The van der Waals surface area contributed by atoms with E-state index >= 15 is 8.78 Å². The van der Waals surface area contributed by atoms with E-state index < -0.39 is 23.3 Å². The molecule has 2 aromatic rings. The molecule has 0 radical (unpaired) electrons. The number of carbonyl (C=O) groups is 1. The molecule has 1 unspecified atom stereocenters. The molecule has 1 spiro atoms. The van der Waals surface area contributed by atoms with Gasteiger partial charge in [0.25, 0.3) is 0 Å². The van der Waals surface area contributed by atoms with Gasteiger partial charge in [0, 0.05) is 32.5 Å². The molecule has 8 nitrogen and oxygen atoms in total. The van der Waals surface area contributed by atoms with Gasteiger partial charge in [-0.15, -0.1) is 0 Å². The zero-order valence-electron chi connectivity index (χ0n) is 17.4. The zero-order valence-corrected chi connectivity index (χ0v) is 17.4. The molecule has 1 aromatic heterocycles. The quantitative estimate of drug-likeness (QED) is 0.566. The van der Waals surface area contributed by atoms with Crippen LogP contribution in [0.2, 0.25) is 0 Å². The number of rotatable bonds is 5. The van der Waals surface area contributed by atoms with Gasteiger partial charge in [-0.25, -0.2) is 18.6 Å². The Balaban J connectivity index is 1.30. The van der Waals surface area contributed by atoms with Crippen LogP contribution in [0.3, 0.4) is 0 Å². The molecule has 31 heavy (non-hydrogen) atoms. The molecule has 2 aliphatic heterocycles. The lowest BCUT2D eigenvalue weighted by molar-refractivity contribution is -0.00216. The zero-order chi connectivity index (χ0) is 21.8. The number of aromatic nitrogens is 2. The standard InChI is InChI=1S/C21H27F2N5O3/c1-24-14(9-29)19-26-17-15(22)12-6-11(7-13(12)16(23)18(17)27-19)8-28-4-2-21(3-5-28)10-25-20(30)31-21/h11,14,24,29H,2-10H2,1H3,(H,25,30)(H,26,27)/t14-/m1/s1. The second-order valence-electron chi connectivity index (χ2n) is 8.96. The molecule has 10 heteroatoms. The number of hydrogen-bond donors (Lipinski definition) is 4. The van der Waals surface area contributed by atoms with E-state index in [-0.39, 0.29) is 29.7 Å². The third-order valence-electron chi connectivity index (χ3n) is 7.04. The number of hydrogen-bond acceptors (Lipinski definition) is 6. The fourth-order valence-electron chi connectivity index (χ4n) is 5.24. The van der Waals surface area contributed by atoms with E-state index in [1.807, 2.05) is 0 Å². The van der Waals surface area contributed by atoms with Crippen LogP contribution in [-0.2, 0) is 17.6 Å². The van der Waals surface area contributed by atoms with E-state index in [2.05, 4.69) is 25.5 Å². The number of nitrogens with one attached hydrogen (secondary N) is 3. The summed E-state index contributed by atoms with van der Waals surface area (Å²) in [5.41, 5.74) is 0.511. The highest BCUT2D eigenvalue weighted by Crippen LogP contribution is 2.37. The van der Waals surface area contributed by atoms with Gasteiger partial charge in [-0.2, -0.15) is 0 Å². The lowest BCUT2D eigenvalue weighted by atomic mass is 9.91. The Labute approximate surface area is 178 Å². The Bertz CT molecular complexity index is 965. The number of likely N-dealkylation sites (N-methyl/N-ethyl adjacent to an activating group) is 1. The molecule has 1 aliphatic carbocycles. The Morgan fingerprint density at radius 3 is 2.61 bits per heavy atom. The minimum absolute atomic E-state index is 0.00364. The largest absolute Gasteiger partial charge is 0.441 e. The van der Waals surface area contributed by atoms with Crippen LogP contribution < -0.4 is 10.6 Å². The van der Waals surface area contributed by atoms with Gasteiger partial charge in [0.05, 0.1) is 19.2 Å². The number of alkyl carbamates (subject to hydrolysis) is 1. The molecule has 2 saturated heterocycles. The highest BCUT2D eigenvalue weighted by atomic mass is 19.1. The lowest BCUT2D eigenvalue weighted by Crippen LogP contribution is -2.47. The molecule has 0 saturated carbocycles. The summed E-state index contributed by atoms with van der Waals surface area (Å²) in [7, 11) is 1.65. The molecular weight excluding hydrogens is 408 g/mol. The number of fused-ring (bicyclic) bond motifs is 2. The average Bonchev–Trinajstić information content (AvgIpc) is 3.47. The number of benzene rings is 1. The number of carbonyl (C=O) groups excluding carboxylic acids is 1. The number of ether oxygens (including phenoxy) is 1. The predicted molar refractivity (Wildman–Crippen MR) is 109 cm³/mol. The summed E-state index contributed by atoms with van der Waals surface area (Å²) in [6, 6.07) is -0.509. The number of amides is 1. The fraction of sp³-hybridized carbons (Fsp3) is 0.619. The molecule has 4 N–H and O–H groups in total. The first-order chi connectivity index (χ1) is 14.9. The smallest absolute Gasteiger partial charge is 0.407 e. The number of piperidine rings is 1. The fourth-order valence-corrected chi connectivity index (χ4v) is 5.24. The van der Waals surface area contributed by atoms with Gasteiger partial charge < -0.3 is 30.4 Å². The molecule has 1 aromatic carbocycles. The van der Waals surface area contributed by atoms with E-state index in [0.29, 0.717) is 36.3 Å². The van der Waals surface area contributed by atoms with Crippen LogP contribution >= 0.6 is 0 Å². The van der Waals surface area contributed by atoms with Crippen LogP contribution in [0.25, 0.3) is 11.0 Å². The monoisotopic (exact) mass is 435 g/mol. The van der Waals surface area contributed by atoms with Crippen molar-refractivity contribution < 1.29 is 23.4 Å². The first-order valence-electron chi connectivity index (χ1n) is 10.8. The molecule has 0 bridgehead atoms. The summed E-state index contributed by atoms with van der Waals surface area (Å²) >= 11 is 0. The van der Waals surface area contributed by atoms with Crippen LogP contribution in [0.1, 0.15) is 35.8 Å². The molecular formula is C21H27F2N5O3. The minimum atomic E-state index is -0.509. The number of likely N-dealkylation sites (tertiary alicyclic amines) is 1. The number of H-pyrrole nitrogens is 1. The summed E-state index contributed by atoms with van der Waals surface area (Å²) < 4.78 is 35.9. The highest BCUT2D eigenvalue weighted by molar-refractivity contribution is 5.79. The summed E-state index contributed by atoms with van der Waals surface area (Å²) in [5, 5.41) is 15.0. The molecule has 3 heterocycles. The molecule has 5 rings (SSSR count). The highest BCUT2D eigenvalue weighted by Gasteiger charge is 2.43. The van der Waals surface area contributed by atoms with E-state index in [9.17, 15) is 9.90 Å². The second-order valence-corrected chi connectivity index (χ2v) is 8.96. The molecule has 3 aliphatic rings. The van der Waals surface area contributed by atoms with Crippen LogP contribution in [0, 0.1) is 17.6 Å². The van der Waals surface area contributed by atoms with Gasteiger partial charge in [0.15, 0.2) is 11.6 Å². The normalized spacial score (nSPS) is 22.1. The third kappa shape index (κ3) is 3.46. The molecule has 168 valence electrons. The van der Waals surface area contributed by atoms with Crippen molar-refractivity contribution in [2.24, 2.45) is 5.92 Å². The van der Waals surface area contributed by atoms with Crippen molar-refractivity contribution in [1.82, 2.24) is 25.5 Å². The lowest BCUT2D eigenvalue weighted by Gasteiger charge is -2.38. The van der Waals surface area contributed by atoms with Crippen molar-refractivity contribution >= 4 is 17.1 Å². The van der Waals surface area contributed by atoms with Crippen LogP contribution in [0.5, 0.6) is 0 Å². The molecule has 2 fully saturated rings. The van der Waals surface area contributed by atoms with Crippen LogP contribution in [0.15, 0.2) is 0 Å². The second kappa shape index (κ2) is 7.68. The van der Waals surface area contributed by atoms with Gasteiger partial charge in [-0.1, -0.05) is 0 Å². The minimum Gasteiger partial charge on any atom is -0.441 e. The maximum atomic E-state index is 15.2. The van der Waals surface area contributed by atoms with E-state index in [0.717, 1.165) is 32.5 Å². The Morgan fingerprint density at radius 2 is 2.00 bits per heavy atom. The predicted octanol–water partition coefficient (Wildman–Crippen LogP) is 1.38. The first-order valence-corrected chi connectivity index (χ1v) is 10.8. The van der Waals surface area contributed by atoms with Crippen molar-refractivity contribution in [3.8, 4) is 0 Å². The van der Waals surface area contributed by atoms with Crippen molar-refractivity contribution in [1.29, 1.82) is 0 Å². The van der Waals surface area contributed by atoms with Crippen molar-refractivity contribution in [2.75, 3.05) is 39.8 Å². The van der Waals surface area contributed by atoms with E-state index in [1.54, 1.807) is 7.05 Å². The van der Waals surface area contributed by atoms with Crippen LogP contribution in [0.4, 0.5) is 13.6 Å². The maximum Gasteiger partial charge on any atom is 0.407 e. The van der Waals surface area contributed by atoms with Gasteiger partial charge in [0.2, 0.25) is 0 Å². The Hall–Kier alpha value is -2.30. The summed E-state index contributed by atoms with van der Waals surface area (Å²) in [4.78, 5) is 20.8. The number of aliphatic hydroxyl groups excluding tert-OH is 1. The van der Waals surface area contributed by atoms with E-state index in [1.165, 1.54) is 0 Å². The van der Waals surface area contributed by atoms with E-state index in [4.69, 9.17) is 4.74 Å². The topological polar surface area (TPSA) is 103 Å². The van der Waals surface area contributed by atoms with Crippen LogP contribution in [-0.4, -0.2) is 71.5 Å². The summed E-state index contributed by atoms with van der Waals surface area (Å²) in [6.45, 7) is 2.67. The molecule has 1 amide bonds.